The van der Waals surface area contributed by atoms with Crippen LogP contribution in [0.5, 0.6) is 11.5 Å². The zero-order chi connectivity index (χ0) is 14.4. The van der Waals surface area contributed by atoms with Gasteiger partial charge < -0.3 is 10.1 Å². The third kappa shape index (κ3) is 4.32. The average Bonchev–Trinajstić information content (AvgIpc) is 2.43. The lowest BCUT2D eigenvalue weighted by molar-refractivity contribution is 0.441. The van der Waals surface area contributed by atoms with Gasteiger partial charge in [-0.3, -0.25) is 0 Å². The summed E-state index contributed by atoms with van der Waals surface area (Å²) in [4.78, 5) is 0. The Labute approximate surface area is 127 Å². The molecule has 0 heterocycles. The first-order chi connectivity index (χ1) is 9.69. The van der Waals surface area contributed by atoms with Crippen LogP contribution in [-0.2, 0) is 6.54 Å². The Morgan fingerprint density at radius 3 is 2.80 bits per heavy atom. The molecule has 0 fully saturated rings. The van der Waals surface area contributed by atoms with Gasteiger partial charge in [0, 0.05) is 11.0 Å². The Hall–Kier alpha value is -1.39. The molecule has 0 aliphatic carbocycles. The van der Waals surface area contributed by atoms with Crippen LogP contribution in [0.1, 0.15) is 18.9 Å². The molecule has 106 valence electrons. The average molecular weight is 338 g/mol. The molecule has 2 aromatic rings. The quantitative estimate of drug-likeness (QED) is 0.758. The molecule has 1 N–H and O–H groups in total. The molecule has 0 aromatic heterocycles. The number of halogens is 2. The third-order valence-corrected chi connectivity index (χ3v) is 3.27. The van der Waals surface area contributed by atoms with E-state index in [1.807, 2.05) is 24.3 Å². The molecular weight excluding hydrogens is 321 g/mol. The minimum atomic E-state index is -0.381. The first kappa shape index (κ1) is 15.0. The first-order valence-corrected chi connectivity index (χ1v) is 7.41. The summed E-state index contributed by atoms with van der Waals surface area (Å²) in [6.07, 6.45) is 1.10. The Morgan fingerprint density at radius 2 is 2.05 bits per heavy atom. The van der Waals surface area contributed by atoms with E-state index in [4.69, 9.17) is 4.74 Å². The molecule has 0 unspecified atom stereocenters. The van der Waals surface area contributed by atoms with Gasteiger partial charge in [0.05, 0.1) is 0 Å². The van der Waals surface area contributed by atoms with E-state index in [0.29, 0.717) is 10.2 Å². The van der Waals surface area contributed by atoms with Gasteiger partial charge in [-0.15, -0.1) is 0 Å². The van der Waals surface area contributed by atoms with E-state index >= 15 is 0 Å². The maximum absolute atomic E-state index is 13.7. The summed E-state index contributed by atoms with van der Waals surface area (Å²) in [5.41, 5.74) is 1.12. The summed E-state index contributed by atoms with van der Waals surface area (Å²) in [6, 6.07) is 12.4. The largest absolute Gasteiger partial charge is 0.454 e. The standard InChI is InChI=1S/C16H17BrFNO/c1-2-8-19-11-12-4-3-5-14(9-12)20-16-7-6-13(17)10-15(16)18/h3-7,9-10,19H,2,8,11H2,1H3. The van der Waals surface area contributed by atoms with Crippen LogP contribution in [0.4, 0.5) is 4.39 Å². The molecule has 2 aromatic carbocycles. The van der Waals surface area contributed by atoms with Gasteiger partial charge >= 0.3 is 0 Å². The minimum Gasteiger partial charge on any atom is -0.454 e. The topological polar surface area (TPSA) is 21.3 Å². The van der Waals surface area contributed by atoms with Crippen molar-refractivity contribution >= 4 is 15.9 Å². The molecule has 0 saturated heterocycles. The van der Waals surface area contributed by atoms with Crippen molar-refractivity contribution in [2.75, 3.05) is 6.54 Å². The van der Waals surface area contributed by atoms with E-state index in [1.54, 1.807) is 12.1 Å². The predicted octanol–water partition coefficient (Wildman–Crippen LogP) is 4.88. The van der Waals surface area contributed by atoms with Gasteiger partial charge in [-0.05, 0) is 48.9 Å². The number of nitrogens with one attached hydrogen (secondary N) is 1. The van der Waals surface area contributed by atoms with Crippen molar-refractivity contribution in [2.24, 2.45) is 0 Å². The normalized spacial score (nSPS) is 10.6. The van der Waals surface area contributed by atoms with Gasteiger partial charge in [-0.1, -0.05) is 35.0 Å². The highest BCUT2D eigenvalue weighted by atomic mass is 79.9. The van der Waals surface area contributed by atoms with Crippen LogP contribution in [0.3, 0.4) is 0 Å². The molecule has 0 amide bonds. The zero-order valence-corrected chi connectivity index (χ0v) is 12.9. The number of benzene rings is 2. The number of ether oxygens (including phenoxy) is 1. The van der Waals surface area contributed by atoms with Crippen LogP contribution in [0.2, 0.25) is 0 Å². The monoisotopic (exact) mass is 337 g/mol. The van der Waals surface area contributed by atoms with Crippen LogP contribution in [0, 0.1) is 5.82 Å². The number of rotatable bonds is 6. The van der Waals surface area contributed by atoms with E-state index in [0.717, 1.165) is 25.1 Å². The van der Waals surface area contributed by atoms with Crippen molar-refractivity contribution in [3.05, 3.63) is 58.3 Å². The van der Waals surface area contributed by atoms with Crippen molar-refractivity contribution in [1.82, 2.24) is 5.32 Å². The van der Waals surface area contributed by atoms with Gasteiger partial charge in [-0.25, -0.2) is 4.39 Å². The Kier molecular flexibility index (Phi) is 5.56. The fourth-order valence-electron chi connectivity index (χ4n) is 1.81. The van der Waals surface area contributed by atoms with Gasteiger partial charge in [-0.2, -0.15) is 0 Å². The van der Waals surface area contributed by atoms with Crippen LogP contribution in [-0.4, -0.2) is 6.54 Å². The molecule has 2 nitrogen and oxygen atoms in total. The van der Waals surface area contributed by atoms with Crippen molar-refractivity contribution in [3.8, 4) is 11.5 Å². The van der Waals surface area contributed by atoms with Gasteiger partial charge in [0.25, 0.3) is 0 Å². The molecule has 4 heteroatoms. The second kappa shape index (κ2) is 7.41. The van der Waals surface area contributed by atoms with E-state index in [1.165, 1.54) is 6.07 Å². The van der Waals surface area contributed by atoms with Gasteiger partial charge in [0.15, 0.2) is 11.6 Å². The Balaban J connectivity index is 2.07. The van der Waals surface area contributed by atoms with E-state index in [2.05, 4.69) is 28.2 Å². The molecule has 0 atom stereocenters. The van der Waals surface area contributed by atoms with Crippen LogP contribution in [0.15, 0.2) is 46.9 Å². The van der Waals surface area contributed by atoms with Gasteiger partial charge in [0.2, 0.25) is 0 Å². The Morgan fingerprint density at radius 1 is 1.20 bits per heavy atom. The summed E-state index contributed by atoms with van der Waals surface area (Å²) in [6.45, 7) is 3.89. The predicted molar refractivity (Wildman–Crippen MR) is 82.6 cm³/mol. The fourth-order valence-corrected chi connectivity index (χ4v) is 2.15. The van der Waals surface area contributed by atoms with E-state index in [-0.39, 0.29) is 11.6 Å². The molecule has 0 saturated carbocycles. The minimum absolute atomic E-state index is 0.229. The molecule has 0 aliphatic rings. The molecule has 0 spiro atoms. The summed E-state index contributed by atoms with van der Waals surface area (Å²) in [7, 11) is 0. The lowest BCUT2D eigenvalue weighted by Gasteiger charge is -2.09. The van der Waals surface area contributed by atoms with Crippen molar-refractivity contribution in [1.29, 1.82) is 0 Å². The van der Waals surface area contributed by atoms with Crippen LogP contribution in [0.25, 0.3) is 0 Å². The molecule has 0 radical (unpaired) electrons. The van der Waals surface area contributed by atoms with Crippen molar-refractivity contribution in [2.45, 2.75) is 19.9 Å². The van der Waals surface area contributed by atoms with E-state index < -0.39 is 0 Å². The van der Waals surface area contributed by atoms with Crippen LogP contribution >= 0.6 is 15.9 Å². The second-order valence-corrected chi connectivity index (χ2v) is 5.42. The maximum Gasteiger partial charge on any atom is 0.166 e. The SMILES string of the molecule is CCCNCc1cccc(Oc2ccc(Br)cc2F)c1. The fraction of sp³-hybridized carbons (Fsp3) is 0.250. The van der Waals surface area contributed by atoms with Crippen LogP contribution < -0.4 is 10.1 Å². The lowest BCUT2D eigenvalue weighted by Crippen LogP contribution is -2.13. The number of hydrogen-bond donors (Lipinski definition) is 1. The first-order valence-electron chi connectivity index (χ1n) is 6.61. The molecule has 2 rings (SSSR count). The Bertz CT molecular complexity index is 574. The summed E-state index contributed by atoms with van der Waals surface area (Å²) < 4.78 is 20.0. The number of hydrogen-bond acceptors (Lipinski definition) is 2. The summed E-state index contributed by atoms with van der Waals surface area (Å²) >= 11 is 3.22. The highest BCUT2D eigenvalue weighted by molar-refractivity contribution is 9.10. The molecule has 0 aliphatic heterocycles. The van der Waals surface area contributed by atoms with Crippen molar-refractivity contribution < 1.29 is 9.13 Å². The second-order valence-electron chi connectivity index (χ2n) is 4.50. The maximum atomic E-state index is 13.7. The van der Waals surface area contributed by atoms with Crippen molar-refractivity contribution in [3.63, 3.8) is 0 Å². The lowest BCUT2D eigenvalue weighted by atomic mass is 10.2. The molecule has 20 heavy (non-hydrogen) atoms. The third-order valence-electron chi connectivity index (χ3n) is 2.78. The molecule has 0 bridgehead atoms. The molecular formula is C16H17BrFNO. The summed E-state index contributed by atoms with van der Waals surface area (Å²) in [5.74, 6) is 0.489. The smallest absolute Gasteiger partial charge is 0.166 e. The summed E-state index contributed by atoms with van der Waals surface area (Å²) in [5, 5.41) is 3.33. The highest BCUT2D eigenvalue weighted by Gasteiger charge is 2.05. The highest BCUT2D eigenvalue weighted by Crippen LogP contribution is 2.27. The van der Waals surface area contributed by atoms with Gasteiger partial charge in [0.1, 0.15) is 5.75 Å². The van der Waals surface area contributed by atoms with E-state index in [9.17, 15) is 4.39 Å². The zero-order valence-electron chi connectivity index (χ0n) is 11.3.